The fourth-order valence-electron chi connectivity index (χ4n) is 1.11. The fraction of sp³-hybridized carbons (Fsp3) is 0.273. The van der Waals surface area contributed by atoms with E-state index in [-0.39, 0.29) is 5.56 Å². The zero-order chi connectivity index (χ0) is 11.4. The molecule has 1 aromatic carbocycles. The summed E-state index contributed by atoms with van der Waals surface area (Å²) >= 11 is 0. The molecule has 0 amide bonds. The highest BCUT2D eigenvalue weighted by Gasteiger charge is 2.07. The van der Waals surface area contributed by atoms with Gasteiger partial charge in [0.15, 0.2) is 0 Å². The second kappa shape index (κ2) is 4.56. The molecule has 0 fully saturated rings. The molecule has 0 atom stereocenters. The summed E-state index contributed by atoms with van der Waals surface area (Å²) in [6.45, 7) is 1.76. The van der Waals surface area contributed by atoms with Crippen molar-refractivity contribution < 1.29 is 4.39 Å². The minimum Gasteiger partial charge on any atom is -0.369 e. The number of aryl methyl sites for hydroxylation is 1. The molecule has 0 spiro atoms. The van der Waals surface area contributed by atoms with E-state index >= 15 is 0 Å². The van der Waals surface area contributed by atoms with Gasteiger partial charge < -0.3 is 4.90 Å². The summed E-state index contributed by atoms with van der Waals surface area (Å²) in [7, 11) is 3.61. The molecule has 1 rings (SSSR count). The first kappa shape index (κ1) is 11.2. The number of hydrogen-bond donors (Lipinski definition) is 0. The maximum absolute atomic E-state index is 13.3. The Labute approximate surface area is 88.5 Å². The third-order valence-corrected chi connectivity index (χ3v) is 1.75. The van der Waals surface area contributed by atoms with E-state index in [1.54, 1.807) is 17.9 Å². The fourth-order valence-corrected chi connectivity index (χ4v) is 1.11. The molecular formula is C11H12FN3. The van der Waals surface area contributed by atoms with Crippen LogP contribution in [0.1, 0.15) is 11.1 Å². The third-order valence-electron chi connectivity index (χ3n) is 1.75. The van der Waals surface area contributed by atoms with Gasteiger partial charge in [-0.1, -0.05) is 0 Å². The first-order chi connectivity index (χ1) is 7.04. The maximum atomic E-state index is 13.3. The molecule has 3 nitrogen and oxygen atoms in total. The van der Waals surface area contributed by atoms with Crippen molar-refractivity contribution in [2.75, 3.05) is 14.1 Å². The molecule has 0 aromatic heterocycles. The Morgan fingerprint density at radius 2 is 2.13 bits per heavy atom. The minimum atomic E-state index is -0.525. The van der Waals surface area contributed by atoms with Crippen LogP contribution in [-0.2, 0) is 0 Å². The lowest BCUT2D eigenvalue weighted by atomic mass is 10.1. The van der Waals surface area contributed by atoms with E-state index in [1.165, 1.54) is 12.4 Å². The van der Waals surface area contributed by atoms with Gasteiger partial charge in [-0.2, -0.15) is 5.26 Å². The first-order valence-corrected chi connectivity index (χ1v) is 4.45. The minimum absolute atomic E-state index is 0.0151. The van der Waals surface area contributed by atoms with Gasteiger partial charge in [0.25, 0.3) is 0 Å². The molecule has 0 heterocycles. The molecular weight excluding hydrogens is 193 g/mol. The van der Waals surface area contributed by atoms with Crippen LogP contribution >= 0.6 is 0 Å². The molecule has 0 unspecified atom stereocenters. The smallest absolute Gasteiger partial charge is 0.143 e. The van der Waals surface area contributed by atoms with Crippen LogP contribution in [0.3, 0.4) is 0 Å². The van der Waals surface area contributed by atoms with Gasteiger partial charge in [0, 0.05) is 14.1 Å². The van der Waals surface area contributed by atoms with Crippen molar-refractivity contribution in [2.24, 2.45) is 4.99 Å². The largest absolute Gasteiger partial charge is 0.369 e. The molecule has 0 aliphatic rings. The Hall–Kier alpha value is -1.89. The standard InChI is InChI=1S/C11H12FN3/c1-8-4-10(12)9(6-13)11(5-8)14-7-15(2)3/h4-5,7H,1-3H3. The van der Waals surface area contributed by atoms with E-state index in [0.29, 0.717) is 5.69 Å². The van der Waals surface area contributed by atoms with Crippen LogP contribution in [0.5, 0.6) is 0 Å². The molecule has 0 N–H and O–H groups in total. The second-order valence-corrected chi connectivity index (χ2v) is 3.46. The van der Waals surface area contributed by atoms with E-state index in [9.17, 15) is 4.39 Å². The van der Waals surface area contributed by atoms with Gasteiger partial charge in [-0.05, 0) is 24.6 Å². The van der Waals surface area contributed by atoms with Crippen LogP contribution in [0.15, 0.2) is 17.1 Å². The van der Waals surface area contributed by atoms with Crippen LogP contribution in [0.2, 0.25) is 0 Å². The molecule has 15 heavy (non-hydrogen) atoms. The molecule has 0 bridgehead atoms. The number of halogens is 1. The van der Waals surface area contributed by atoms with E-state index in [0.717, 1.165) is 5.56 Å². The van der Waals surface area contributed by atoms with E-state index in [2.05, 4.69) is 4.99 Å². The van der Waals surface area contributed by atoms with Crippen molar-refractivity contribution in [2.45, 2.75) is 6.92 Å². The van der Waals surface area contributed by atoms with Crippen molar-refractivity contribution in [1.29, 1.82) is 5.26 Å². The average Bonchev–Trinajstić information content (AvgIpc) is 2.13. The van der Waals surface area contributed by atoms with Crippen molar-refractivity contribution in [3.8, 4) is 6.07 Å². The molecule has 0 radical (unpaired) electrons. The van der Waals surface area contributed by atoms with Crippen molar-refractivity contribution >= 4 is 12.0 Å². The van der Waals surface area contributed by atoms with Gasteiger partial charge in [-0.25, -0.2) is 9.38 Å². The lowest BCUT2D eigenvalue weighted by Gasteiger charge is -2.04. The number of rotatable bonds is 2. The molecule has 0 aliphatic heterocycles. The monoisotopic (exact) mass is 205 g/mol. The van der Waals surface area contributed by atoms with Crippen LogP contribution < -0.4 is 0 Å². The Morgan fingerprint density at radius 1 is 1.47 bits per heavy atom. The van der Waals surface area contributed by atoms with E-state index in [4.69, 9.17) is 5.26 Å². The highest BCUT2D eigenvalue weighted by atomic mass is 19.1. The van der Waals surface area contributed by atoms with Gasteiger partial charge in [-0.15, -0.1) is 0 Å². The first-order valence-electron chi connectivity index (χ1n) is 4.45. The Balaban J connectivity index is 3.22. The summed E-state index contributed by atoms with van der Waals surface area (Å²) in [6, 6.07) is 4.82. The highest BCUT2D eigenvalue weighted by Crippen LogP contribution is 2.22. The van der Waals surface area contributed by atoms with Gasteiger partial charge in [0.05, 0.1) is 12.0 Å². The van der Waals surface area contributed by atoms with Crippen LogP contribution in [0.4, 0.5) is 10.1 Å². The molecule has 78 valence electrons. The van der Waals surface area contributed by atoms with Crippen molar-refractivity contribution in [3.63, 3.8) is 0 Å². The van der Waals surface area contributed by atoms with Crippen molar-refractivity contribution in [1.82, 2.24) is 4.90 Å². The normalized spacial score (nSPS) is 10.3. The molecule has 0 aliphatic carbocycles. The Bertz CT molecular complexity index is 430. The summed E-state index contributed by atoms with van der Waals surface area (Å²) in [6.07, 6.45) is 1.54. The SMILES string of the molecule is Cc1cc(F)c(C#N)c(N=CN(C)C)c1. The summed E-state index contributed by atoms with van der Waals surface area (Å²) < 4.78 is 13.3. The Morgan fingerprint density at radius 3 is 2.67 bits per heavy atom. The number of hydrogen-bond acceptors (Lipinski definition) is 2. The molecule has 0 saturated heterocycles. The zero-order valence-corrected chi connectivity index (χ0v) is 8.95. The zero-order valence-electron chi connectivity index (χ0n) is 8.95. The van der Waals surface area contributed by atoms with Crippen molar-refractivity contribution in [3.05, 3.63) is 29.1 Å². The van der Waals surface area contributed by atoms with Gasteiger partial charge in [-0.3, -0.25) is 0 Å². The van der Waals surface area contributed by atoms with E-state index in [1.807, 2.05) is 20.2 Å². The summed E-state index contributed by atoms with van der Waals surface area (Å²) in [4.78, 5) is 5.76. The maximum Gasteiger partial charge on any atom is 0.143 e. The van der Waals surface area contributed by atoms with Gasteiger partial charge >= 0.3 is 0 Å². The lowest BCUT2D eigenvalue weighted by molar-refractivity contribution is 0.622. The highest BCUT2D eigenvalue weighted by molar-refractivity contribution is 5.65. The van der Waals surface area contributed by atoms with E-state index < -0.39 is 5.82 Å². The predicted octanol–water partition coefficient (Wildman–Crippen LogP) is 2.23. The van der Waals surface area contributed by atoms with Crippen LogP contribution in [-0.4, -0.2) is 25.3 Å². The Kier molecular flexibility index (Phi) is 3.40. The average molecular weight is 205 g/mol. The number of nitrogens with zero attached hydrogens (tertiary/aromatic N) is 3. The molecule has 0 saturated carbocycles. The van der Waals surface area contributed by atoms with Gasteiger partial charge in [0.1, 0.15) is 17.4 Å². The van der Waals surface area contributed by atoms with Crippen LogP contribution in [0, 0.1) is 24.1 Å². The van der Waals surface area contributed by atoms with Crippen LogP contribution in [0.25, 0.3) is 0 Å². The van der Waals surface area contributed by atoms with Gasteiger partial charge in [0.2, 0.25) is 0 Å². The number of aliphatic imine (C=N–C) groups is 1. The second-order valence-electron chi connectivity index (χ2n) is 3.46. The molecule has 1 aromatic rings. The predicted molar refractivity (Wildman–Crippen MR) is 57.7 cm³/mol. The third kappa shape index (κ3) is 2.78. The number of nitriles is 1. The summed E-state index contributed by atoms with van der Waals surface area (Å²) in [5.74, 6) is -0.525. The topological polar surface area (TPSA) is 39.4 Å². The lowest BCUT2D eigenvalue weighted by Crippen LogP contribution is -2.07. The quantitative estimate of drug-likeness (QED) is 0.548. The number of benzene rings is 1. The summed E-state index contributed by atoms with van der Waals surface area (Å²) in [5, 5.41) is 8.78. The molecule has 4 heteroatoms. The summed E-state index contributed by atoms with van der Waals surface area (Å²) in [5.41, 5.74) is 1.10.